The maximum atomic E-state index is 12.6. The summed E-state index contributed by atoms with van der Waals surface area (Å²) >= 11 is 5.89. The Morgan fingerprint density at radius 3 is 2.52 bits per heavy atom. The first-order chi connectivity index (χ1) is 10.7. The lowest BCUT2D eigenvalue weighted by molar-refractivity contribution is -0.141. The van der Waals surface area contributed by atoms with Crippen LogP contribution in [-0.2, 0) is 12.7 Å². The van der Waals surface area contributed by atoms with Crippen LogP contribution in [0.3, 0.4) is 0 Å². The van der Waals surface area contributed by atoms with Crippen molar-refractivity contribution in [3.05, 3.63) is 63.9 Å². The molecule has 0 N–H and O–H groups in total. The third-order valence-electron chi connectivity index (χ3n) is 3.26. The molecule has 0 aliphatic heterocycles. The number of hydrogen-bond acceptors (Lipinski definition) is 2. The Hall–Kier alpha value is -2.08. The molecule has 2 aromatic rings. The van der Waals surface area contributed by atoms with Gasteiger partial charge < -0.3 is 4.90 Å². The summed E-state index contributed by atoms with van der Waals surface area (Å²) in [6.45, 7) is 1.68. The Labute approximate surface area is 136 Å². The van der Waals surface area contributed by atoms with Crippen molar-refractivity contribution in [3.63, 3.8) is 0 Å². The number of rotatable bonds is 3. The standard InChI is InChI=1S/C16H14ClF3N2O/c1-10-13(6-7-14(21-10)16(18,19)20)15(23)22(2)9-11-4-3-5-12(17)8-11/h3-8H,9H2,1-2H3. The molecule has 1 heterocycles. The molecular weight excluding hydrogens is 329 g/mol. The molecule has 0 radical (unpaired) electrons. The second-order valence-electron chi connectivity index (χ2n) is 5.12. The van der Waals surface area contributed by atoms with E-state index in [1.54, 1.807) is 25.2 Å². The molecule has 0 aliphatic carbocycles. The fourth-order valence-corrected chi connectivity index (χ4v) is 2.34. The smallest absolute Gasteiger partial charge is 0.337 e. The molecule has 0 atom stereocenters. The Bertz CT molecular complexity index is 732. The number of aryl methyl sites for hydroxylation is 1. The molecule has 0 aliphatic rings. The van der Waals surface area contributed by atoms with Crippen molar-refractivity contribution >= 4 is 17.5 Å². The number of halogens is 4. The van der Waals surface area contributed by atoms with E-state index in [1.807, 2.05) is 6.07 Å². The third kappa shape index (κ3) is 4.22. The first-order valence-electron chi connectivity index (χ1n) is 6.73. The third-order valence-corrected chi connectivity index (χ3v) is 3.50. The molecule has 23 heavy (non-hydrogen) atoms. The largest absolute Gasteiger partial charge is 0.433 e. The van der Waals surface area contributed by atoms with E-state index < -0.39 is 17.8 Å². The van der Waals surface area contributed by atoms with Crippen LogP contribution >= 0.6 is 11.6 Å². The Morgan fingerprint density at radius 2 is 1.96 bits per heavy atom. The minimum Gasteiger partial charge on any atom is -0.337 e. The quantitative estimate of drug-likeness (QED) is 0.831. The van der Waals surface area contributed by atoms with Gasteiger partial charge in [0.1, 0.15) is 5.69 Å². The van der Waals surface area contributed by atoms with Crippen molar-refractivity contribution in [3.8, 4) is 0 Å². The van der Waals surface area contributed by atoms with Crippen LogP contribution in [0, 0.1) is 6.92 Å². The van der Waals surface area contributed by atoms with Gasteiger partial charge in [0.2, 0.25) is 0 Å². The van der Waals surface area contributed by atoms with Gasteiger partial charge in [-0.25, -0.2) is 4.98 Å². The molecule has 122 valence electrons. The molecule has 1 aromatic heterocycles. The second kappa shape index (κ2) is 6.58. The van der Waals surface area contributed by atoms with Crippen LogP contribution in [0.15, 0.2) is 36.4 Å². The van der Waals surface area contributed by atoms with Crippen LogP contribution in [0.1, 0.15) is 27.3 Å². The number of carbonyl (C=O) groups excluding carboxylic acids is 1. The van der Waals surface area contributed by atoms with Gasteiger partial charge in [-0.1, -0.05) is 23.7 Å². The maximum Gasteiger partial charge on any atom is 0.433 e. The molecule has 0 saturated carbocycles. The van der Waals surface area contributed by atoms with Gasteiger partial charge in [-0.15, -0.1) is 0 Å². The van der Waals surface area contributed by atoms with Gasteiger partial charge in [0.25, 0.3) is 5.91 Å². The van der Waals surface area contributed by atoms with Crippen molar-refractivity contribution in [1.29, 1.82) is 0 Å². The van der Waals surface area contributed by atoms with Gasteiger partial charge in [-0.2, -0.15) is 13.2 Å². The summed E-state index contributed by atoms with van der Waals surface area (Å²) in [6, 6.07) is 8.99. The lowest BCUT2D eigenvalue weighted by Gasteiger charge is -2.19. The number of nitrogens with zero attached hydrogens (tertiary/aromatic N) is 2. The Morgan fingerprint density at radius 1 is 1.26 bits per heavy atom. The molecule has 0 saturated heterocycles. The minimum atomic E-state index is -4.53. The number of amides is 1. The highest BCUT2D eigenvalue weighted by atomic mass is 35.5. The second-order valence-corrected chi connectivity index (χ2v) is 5.55. The van der Waals surface area contributed by atoms with Crippen molar-refractivity contribution in [1.82, 2.24) is 9.88 Å². The normalized spacial score (nSPS) is 11.4. The molecule has 0 spiro atoms. The van der Waals surface area contributed by atoms with E-state index >= 15 is 0 Å². The summed E-state index contributed by atoms with van der Waals surface area (Å²) < 4.78 is 37.8. The average molecular weight is 343 g/mol. The van der Waals surface area contributed by atoms with Crippen molar-refractivity contribution < 1.29 is 18.0 Å². The Kier molecular flexibility index (Phi) is 4.94. The molecule has 7 heteroatoms. The van der Waals surface area contributed by atoms with E-state index in [4.69, 9.17) is 11.6 Å². The molecule has 0 fully saturated rings. The summed E-state index contributed by atoms with van der Waals surface area (Å²) in [4.78, 5) is 17.3. The van der Waals surface area contributed by atoms with Gasteiger partial charge in [-0.05, 0) is 36.8 Å². The topological polar surface area (TPSA) is 33.2 Å². The minimum absolute atomic E-state index is 0.0442. The fraction of sp³-hybridized carbons (Fsp3) is 0.250. The van der Waals surface area contributed by atoms with E-state index in [9.17, 15) is 18.0 Å². The van der Waals surface area contributed by atoms with Crippen molar-refractivity contribution in [2.45, 2.75) is 19.6 Å². The number of benzene rings is 1. The summed E-state index contributed by atoms with van der Waals surface area (Å²) in [6.07, 6.45) is -4.53. The van der Waals surface area contributed by atoms with Crippen LogP contribution in [0.2, 0.25) is 5.02 Å². The summed E-state index contributed by atoms with van der Waals surface area (Å²) in [5, 5.41) is 0.552. The van der Waals surface area contributed by atoms with Crippen LogP contribution in [0.5, 0.6) is 0 Å². The number of carbonyl (C=O) groups is 1. The van der Waals surface area contributed by atoms with Gasteiger partial charge in [0.15, 0.2) is 0 Å². The van der Waals surface area contributed by atoms with Crippen molar-refractivity contribution in [2.24, 2.45) is 0 Å². The lowest BCUT2D eigenvalue weighted by atomic mass is 10.1. The van der Waals surface area contributed by atoms with Crippen LogP contribution in [-0.4, -0.2) is 22.8 Å². The number of aromatic nitrogens is 1. The van der Waals surface area contributed by atoms with E-state index in [0.29, 0.717) is 11.6 Å². The molecule has 1 amide bonds. The highest BCUT2D eigenvalue weighted by Gasteiger charge is 2.33. The Balaban J connectivity index is 2.19. The SMILES string of the molecule is Cc1nc(C(F)(F)F)ccc1C(=O)N(C)Cc1cccc(Cl)c1. The summed E-state index contributed by atoms with van der Waals surface area (Å²) in [7, 11) is 1.57. The number of alkyl halides is 3. The van der Waals surface area contributed by atoms with Crippen LogP contribution in [0.25, 0.3) is 0 Å². The zero-order chi connectivity index (χ0) is 17.2. The zero-order valence-corrected chi connectivity index (χ0v) is 13.2. The molecule has 0 unspecified atom stereocenters. The first kappa shape index (κ1) is 17.3. The highest BCUT2D eigenvalue weighted by molar-refractivity contribution is 6.30. The first-order valence-corrected chi connectivity index (χ1v) is 7.11. The van der Waals surface area contributed by atoms with Gasteiger partial charge in [0, 0.05) is 18.6 Å². The molecule has 2 rings (SSSR count). The zero-order valence-electron chi connectivity index (χ0n) is 12.5. The number of pyridine rings is 1. The van der Waals surface area contributed by atoms with Gasteiger partial charge in [-0.3, -0.25) is 4.79 Å². The fourth-order valence-electron chi connectivity index (χ4n) is 2.13. The summed E-state index contributed by atoms with van der Waals surface area (Å²) in [5.74, 6) is -0.399. The van der Waals surface area contributed by atoms with Gasteiger partial charge in [0.05, 0.1) is 11.3 Å². The lowest BCUT2D eigenvalue weighted by Crippen LogP contribution is -2.27. The van der Waals surface area contributed by atoms with Crippen LogP contribution < -0.4 is 0 Å². The monoisotopic (exact) mass is 342 g/mol. The predicted octanol–water partition coefficient (Wildman–Crippen LogP) is 4.33. The maximum absolute atomic E-state index is 12.6. The predicted molar refractivity (Wildman–Crippen MR) is 81.2 cm³/mol. The van der Waals surface area contributed by atoms with E-state index in [2.05, 4.69) is 4.98 Å². The van der Waals surface area contributed by atoms with E-state index in [1.165, 1.54) is 11.8 Å². The van der Waals surface area contributed by atoms with E-state index in [-0.39, 0.29) is 11.3 Å². The average Bonchev–Trinajstić information content (AvgIpc) is 2.45. The van der Waals surface area contributed by atoms with Gasteiger partial charge >= 0.3 is 6.18 Å². The molecular formula is C16H14ClF3N2O. The highest BCUT2D eigenvalue weighted by Crippen LogP contribution is 2.28. The van der Waals surface area contributed by atoms with Crippen LogP contribution in [0.4, 0.5) is 13.2 Å². The molecule has 0 bridgehead atoms. The summed E-state index contributed by atoms with van der Waals surface area (Å²) in [5.41, 5.74) is 0.000199. The van der Waals surface area contributed by atoms with E-state index in [0.717, 1.165) is 17.7 Å². The number of hydrogen-bond donors (Lipinski definition) is 0. The van der Waals surface area contributed by atoms with Crippen molar-refractivity contribution in [2.75, 3.05) is 7.05 Å². The molecule has 1 aromatic carbocycles. The molecule has 3 nitrogen and oxygen atoms in total.